The number of nitrogens with zero attached hydrogens (tertiary/aromatic N) is 2. The molecule has 0 N–H and O–H groups in total. The zero-order valence-corrected chi connectivity index (χ0v) is 13.9. The molecule has 0 spiro atoms. The summed E-state index contributed by atoms with van der Waals surface area (Å²) in [6.07, 6.45) is -3.87. The van der Waals surface area contributed by atoms with E-state index in [2.05, 4.69) is 14.7 Å². The highest BCUT2D eigenvalue weighted by atomic mass is 32.2. The SMILES string of the molecule is CS(=O)(=O)c1ccc(-c2noc(C(F)(F)F)c2-c2cccc(F)n2)cc1. The van der Waals surface area contributed by atoms with E-state index < -0.39 is 33.3 Å². The van der Waals surface area contributed by atoms with Crippen molar-refractivity contribution in [1.82, 2.24) is 10.1 Å². The van der Waals surface area contributed by atoms with Crippen molar-refractivity contribution in [2.45, 2.75) is 11.1 Å². The number of hydrogen-bond donors (Lipinski definition) is 0. The van der Waals surface area contributed by atoms with Crippen molar-refractivity contribution >= 4 is 9.84 Å². The lowest BCUT2D eigenvalue weighted by atomic mass is 10.0. The van der Waals surface area contributed by atoms with E-state index in [9.17, 15) is 26.0 Å². The molecular weight excluding hydrogens is 376 g/mol. The van der Waals surface area contributed by atoms with Crippen LogP contribution in [-0.2, 0) is 16.0 Å². The average molecular weight is 386 g/mol. The number of pyridine rings is 1. The zero-order chi connectivity index (χ0) is 19.1. The Kier molecular flexibility index (Phi) is 4.31. The van der Waals surface area contributed by atoms with Crippen LogP contribution in [0, 0.1) is 5.95 Å². The zero-order valence-electron chi connectivity index (χ0n) is 13.1. The van der Waals surface area contributed by atoms with E-state index in [0.717, 1.165) is 12.3 Å². The second-order valence-electron chi connectivity index (χ2n) is 5.38. The fourth-order valence-corrected chi connectivity index (χ4v) is 2.96. The maximum Gasteiger partial charge on any atom is 0.453 e. The van der Waals surface area contributed by atoms with Gasteiger partial charge in [0.1, 0.15) is 5.69 Å². The molecule has 0 aliphatic rings. The van der Waals surface area contributed by atoms with E-state index in [-0.39, 0.29) is 21.8 Å². The summed E-state index contributed by atoms with van der Waals surface area (Å²) in [4.78, 5) is 3.46. The minimum absolute atomic E-state index is 0.00813. The van der Waals surface area contributed by atoms with Crippen molar-refractivity contribution < 1.29 is 30.5 Å². The van der Waals surface area contributed by atoms with Gasteiger partial charge < -0.3 is 4.52 Å². The first-order valence-corrected chi connectivity index (χ1v) is 8.97. The van der Waals surface area contributed by atoms with Crippen LogP contribution < -0.4 is 0 Å². The van der Waals surface area contributed by atoms with Gasteiger partial charge in [0.2, 0.25) is 11.7 Å². The summed E-state index contributed by atoms with van der Waals surface area (Å²) >= 11 is 0. The second-order valence-corrected chi connectivity index (χ2v) is 7.39. The molecule has 0 radical (unpaired) electrons. The van der Waals surface area contributed by atoms with Gasteiger partial charge in [0, 0.05) is 11.8 Å². The van der Waals surface area contributed by atoms with E-state index in [0.29, 0.717) is 0 Å². The molecule has 0 unspecified atom stereocenters. The standard InChI is InChI=1S/C16H10F4N2O3S/c1-26(23,24)10-7-5-9(6-8-10)14-13(11-3-2-4-12(17)21-11)15(25-22-14)16(18,19)20/h2-8H,1H3. The molecule has 2 heterocycles. The Morgan fingerprint density at radius 3 is 2.23 bits per heavy atom. The van der Waals surface area contributed by atoms with Gasteiger partial charge >= 0.3 is 6.18 Å². The second kappa shape index (κ2) is 6.20. The Bertz CT molecular complexity index is 1060. The van der Waals surface area contributed by atoms with Crippen LogP contribution in [-0.4, -0.2) is 24.8 Å². The molecule has 3 rings (SSSR count). The molecule has 0 saturated carbocycles. The normalized spacial score (nSPS) is 12.3. The molecule has 0 aliphatic carbocycles. The predicted molar refractivity (Wildman–Crippen MR) is 83.2 cm³/mol. The average Bonchev–Trinajstić information content (AvgIpc) is 2.99. The van der Waals surface area contributed by atoms with E-state index in [1.165, 1.54) is 36.4 Å². The van der Waals surface area contributed by atoms with Gasteiger partial charge in [-0.25, -0.2) is 13.4 Å². The van der Waals surface area contributed by atoms with Crippen LogP contribution in [0.1, 0.15) is 5.76 Å². The van der Waals surface area contributed by atoms with Crippen LogP contribution in [0.15, 0.2) is 51.9 Å². The Hall–Kier alpha value is -2.75. The van der Waals surface area contributed by atoms with Crippen molar-refractivity contribution in [3.05, 3.63) is 54.2 Å². The number of hydrogen-bond acceptors (Lipinski definition) is 5. The topological polar surface area (TPSA) is 73.1 Å². The summed E-state index contributed by atoms with van der Waals surface area (Å²) in [6.45, 7) is 0. The number of aromatic nitrogens is 2. The lowest BCUT2D eigenvalue weighted by Crippen LogP contribution is -2.06. The van der Waals surface area contributed by atoms with Crippen molar-refractivity contribution in [3.63, 3.8) is 0 Å². The first-order valence-electron chi connectivity index (χ1n) is 7.07. The lowest BCUT2D eigenvalue weighted by molar-refractivity contribution is -0.154. The van der Waals surface area contributed by atoms with E-state index in [4.69, 9.17) is 0 Å². The first kappa shape index (κ1) is 18.1. The monoisotopic (exact) mass is 386 g/mol. The van der Waals surface area contributed by atoms with E-state index >= 15 is 0 Å². The van der Waals surface area contributed by atoms with Crippen LogP contribution in [0.5, 0.6) is 0 Å². The highest BCUT2D eigenvalue weighted by Gasteiger charge is 2.41. The van der Waals surface area contributed by atoms with Crippen molar-refractivity contribution in [2.24, 2.45) is 0 Å². The Balaban J connectivity index is 2.21. The first-order chi connectivity index (χ1) is 12.1. The van der Waals surface area contributed by atoms with Gasteiger partial charge in [-0.05, 0) is 24.3 Å². The Morgan fingerprint density at radius 2 is 1.69 bits per heavy atom. The molecule has 136 valence electrons. The van der Waals surface area contributed by atoms with Gasteiger partial charge in [0.25, 0.3) is 0 Å². The van der Waals surface area contributed by atoms with Crippen LogP contribution in [0.25, 0.3) is 22.5 Å². The van der Waals surface area contributed by atoms with Crippen LogP contribution in [0.4, 0.5) is 17.6 Å². The Morgan fingerprint density at radius 1 is 1.04 bits per heavy atom. The van der Waals surface area contributed by atoms with Crippen LogP contribution in [0.3, 0.4) is 0 Å². The number of benzene rings is 1. The quantitative estimate of drug-likeness (QED) is 0.503. The Labute approximate surface area is 145 Å². The van der Waals surface area contributed by atoms with Crippen LogP contribution in [0.2, 0.25) is 0 Å². The largest absolute Gasteiger partial charge is 0.453 e. The van der Waals surface area contributed by atoms with Crippen molar-refractivity contribution in [3.8, 4) is 22.5 Å². The van der Waals surface area contributed by atoms with E-state index in [1.807, 2.05) is 0 Å². The molecule has 2 aromatic heterocycles. The molecule has 3 aromatic rings. The summed E-state index contributed by atoms with van der Waals surface area (Å²) in [5, 5.41) is 3.44. The highest BCUT2D eigenvalue weighted by Crippen LogP contribution is 2.42. The van der Waals surface area contributed by atoms with Crippen molar-refractivity contribution in [1.29, 1.82) is 0 Å². The summed E-state index contributed by atoms with van der Waals surface area (Å²) in [7, 11) is -3.47. The molecule has 1 aromatic carbocycles. The number of halogens is 4. The number of sulfone groups is 1. The van der Waals surface area contributed by atoms with Gasteiger partial charge in [0.15, 0.2) is 9.84 Å². The maximum atomic E-state index is 13.4. The van der Waals surface area contributed by atoms with Gasteiger partial charge in [0.05, 0.1) is 16.2 Å². The molecule has 26 heavy (non-hydrogen) atoms. The number of alkyl halides is 3. The molecule has 5 nitrogen and oxygen atoms in total. The van der Waals surface area contributed by atoms with Gasteiger partial charge in [-0.2, -0.15) is 17.6 Å². The minimum atomic E-state index is -4.87. The summed E-state index contributed by atoms with van der Waals surface area (Å²) in [5.41, 5.74) is -0.891. The maximum absolute atomic E-state index is 13.4. The smallest absolute Gasteiger partial charge is 0.350 e. The van der Waals surface area contributed by atoms with Crippen molar-refractivity contribution in [2.75, 3.05) is 6.26 Å². The number of rotatable bonds is 3. The fraction of sp³-hybridized carbons (Fsp3) is 0.125. The highest BCUT2D eigenvalue weighted by molar-refractivity contribution is 7.90. The summed E-state index contributed by atoms with van der Waals surface area (Å²) in [5.74, 6) is -2.38. The minimum Gasteiger partial charge on any atom is -0.350 e. The lowest BCUT2D eigenvalue weighted by Gasteiger charge is -2.07. The molecule has 0 atom stereocenters. The third kappa shape index (κ3) is 3.45. The molecule has 0 aliphatic heterocycles. The van der Waals surface area contributed by atoms with E-state index in [1.54, 1.807) is 0 Å². The summed E-state index contributed by atoms with van der Waals surface area (Å²) in [6, 6.07) is 8.44. The van der Waals surface area contributed by atoms with Gasteiger partial charge in [-0.15, -0.1) is 0 Å². The third-order valence-corrected chi connectivity index (χ3v) is 4.61. The third-order valence-electron chi connectivity index (χ3n) is 3.48. The van der Waals surface area contributed by atoms with Crippen LogP contribution >= 0.6 is 0 Å². The molecular formula is C16H10F4N2O3S. The fourth-order valence-electron chi connectivity index (χ4n) is 2.33. The molecule has 0 amide bonds. The predicted octanol–water partition coefficient (Wildman–Crippen LogP) is 3.97. The molecule has 0 bridgehead atoms. The van der Waals surface area contributed by atoms with Gasteiger partial charge in [-0.1, -0.05) is 23.4 Å². The summed E-state index contributed by atoms with van der Waals surface area (Å²) < 4.78 is 80.6. The molecule has 10 heteroatoms. The molecule has 0 fully saturated rings. The molecule has 0 saturated heterocycles. The van der Waals surface area contributed by atoms with Gasteiger partial charge in [-0.3, -0.25) is 0 Å².